The number of aryl methyl sites for hydroxylation is 1. The maximum atomic E-state index is 13.6. The molecule has 1 N–H and O–H groups in total. The molecule has 34 heavy (non-hydrogen) atoms. The zero-order chi connectivity index (χ0) is 24.4. The largest absolute Gasteiger partial charge is 0.493 e. The summed E-state index contributed by atoms with van der Waals surface area (Å²) in [6.07, 6.45) is 3.53. The highest BCUT2D eigenvalue weighted by atomic mass is 16.5. The molecule has 0 saturated carbocycles. The van der Waals surface area contributed by atoms with Crippen molar-refractivity contribution in [2.75, 3.05) is 26.6 Å². The number of Topliss-reactive ketones (excluding diaryl/α,β-unsaturated/α-hetero) is 1. The number of aromatic nitrogens is 1. The molecule has 8 nitrogen and oxygen atoms in total. The Balaban J connectivity index is 1.86. The normalized spacial score (nSPS) is 19.8. The summed E-state index contributed by atoms with van der Waals surface area (Å²) in [5, 5.41) is 2.92. The van der Waals surface area contributed by atoms with Crippen molar-refractivity contribution in [3.8, 4) is 17.2 Å². The van der Waals surface area contributed by atoms with Crippen molar-refractivity contribution in [3.63, 3.8) is 0 Å². The molecule has 1 amide bonds. The van der Waals surface area contributed by atoms with Gasteiger partial charge >= 0.3 is 0 Å². The van der Waals surface area contributed by atoms with Crippen LogP contribution in [0.4, 0.5) is 5.82 Å². The topological polar surface area (TPSA) is 99.1 Å². The van der Waals surface area contributed by atoms with E-state index in [1.165, 1.54) is 7.11 Å². The number of allylic oxidation sites excluding steroid dienone is 2. The highest BCUT2D eigenvalue weighted by Gasteiger charge is 2.43. The lowest BCUT2D eigenvalue weighted by atomic mass is 9.71. The molecule has 0 spiro atoms. The molecule has 0 radical (unpaired) electrons. The van der Waals surface area contributed by atoms with Gasteiger partial charge in [-0.05, 0) is 62.1 Å². The molecule has 2 atom stereocenters. The number of anilines is 1. The number of methoxy groups -OCH3 is 3. The van der Waals surface area contributed by atoms with Crippen LogP contribution < -0.4 is 19.5 Å². The van der Waals surface area contributed by atoms with Crippen LogP contribution in [-0.2, 0) is 9.59 Å². The predicted molar refractivity (Wildman–Crippen MR) is 129 cm³/mol. The zero-order valence-corrected chi connectivity index (χ0v) is 20.1. The van der Waals surface area contributed by atoms with Crippen molar-refractivity contribution in [2.45, 2.75) is 39.0 Å². The van der Waals surface area contributed by atoms with E-state index in [9.17, 15) is 9.59 Å². The van der Waals surface area contributed by atoms with Gasteiger partial charge in [0, 0.05) is 35.5 Å². The van der Waals surface area contributed by atoms with Crippen LogP contribution in [-0.4, -0.2) is 43.7 Å². The quantitative estimate of drug-likeness (QED) is 0.688. The Morgan fingerprint density at radius 3 is 2.35 bits per heavy atom. The number of carbonyl (C=O) groups excluding carboxylic acids is 2. The van der Waals surface area contributed by atoms with E-state index in [1.807, 2.05) is 32.0 Å². The van der Waals surface area contributed by atoms with Crippen LogP contribution >= 0.6 is 0 Å². The average molecular weight is 464 g/mol. The van der Waals surface area contributed by atoms with E-state index in [0.717, 1.165) is 23.2 Å². The molecule has 2 aliphatic rings. The summed E-state index contributed by atoms with van der Waals surface area (Å²) < 4.78 is 16.6. The third-order valence-electron chi connectivity index (χ3n) is 6.33. The Morgan fingerprint density at radius 1 is 1.03 bits per heavy atom. The number of nitrogens with zero attached hydrogens (tertiary/aromatic N) is 2. The molecule has 1 aliphatic carbocycles. The molecule has 178 valence electrons. The van der Waals surface area contributed by atoms with E-state index >= 15 is 0 Å². The van der Waals surface area contributed by atoms with Crippen LogP contribution in [0, 0.1) is 12.8 Å². The van der Waals surface area contributed by atoms with Gasteiger partial charge in [-0.2, -0.15) is 0 Å². The Labute approximate surface area is 199 Å². The fourth-order valence-electron chi connectivity index (χ4n) is 4.80. The number of ether oxygens (including phenoxy) is 3. The van der Waals surface area contributed by atoms with Gasteiger partial charge in [-0.15, -0.1) is 0 Å². The predicted octanol–water partition coefficient (Wildman–Crippen LogP) is 4.24. The summed E-state index contributed by atoms with van der Waals surface area (Å²) in [5.41, 5.74) is 3.70. The Morgan fingerprint density at radius 2 is 1.74 bits per heavy atom. The van der Waals surface area contributed by atoms with Crippen LogP contribution in [0.3, 0.4) is 0 Å². The number of benzene rings is 1. The monoisotopic (exact) mass is 463 g/mol. The SMILES string of the molecule is COc1cc([C@@H]2C3=C(CCCC3=O)N=C(C)C2C(=O)Nc2cc(C)ccn2)cc(OC)c1OC. The first-order chi connectivity index (χ1) is 16.4. The van der Waals surface area contributed by atoms with Crippen LogP contribution in [0.5, 0.6) is 17.2 Å². The molecular weight excluding hydrogens is 434 g/mol. The summed E-state index contributed by atoms with van der Waals surface area (Å²) in [6.45, 7) is 3.77. The fourth-order valence-corrected chi connectivity index (χ4v) is 4.80. The first-order valence-electron chi connectivity index (χ1n) is 11.2. The van der Waals surface area contributed by atoms with Gasteiger partial charge in [0.05, 0.1) is 27.2 Å². The lowest BCUT2D eigenvalue weighted by Crippen LogP contribution is -2.39. The number of rotatable bonds is 6. The Bertz CT molecular complexity index is 1180. The molecule has 2 aromatic rings. The third kappa shape index (κ3) is 4.27. The van der Waals surface area contributed by atoms with Crippen molar-refractivity contribution in [1.29, 1.82) is 0 Å². The molecule has 1 aromatic heterocycles. The first kappa shape index (κ1) is 23.5. The number of hydrogen-bond acceptors (Lipinski definition) is 7. The van der Waals surface area contributed by atoms with Gasteiger partial charge in [-0.25, -0.2) is 4.98 Å². The number of amides is 1. The minimum Gasteiger partial charge on any atom is -0.493 e. The number of ketones is 1. The molecule has 1 unspecified atom stereocenters. The van der Waals surface area contributed by atoms with Gasteiger partial charge < -0.3 is 19.5 Å². The summed E-state index contributed by atoms with van der Waals surface area (Å²) in [6, 6.07) is 7.28. The second-order valence-electron chi connectivity index (χ2n) is 8.51. The van der Waals surface area contributed by atoms with Gasteiger partial charge in [-0.1, -0.05) is 0 Å². The molecular formula is C26H29N3O5. The van der Waals surface area contributed by atoms with E-state index in [1.54, 1.807) is 26.5 Å². The highest BCUT2D eigenvalue weighted by Crippen LogP contribution is 2.47. The third-order valence-corrected chi connectivity index (χ3v) is 6.33. The smallest absolute Gasteiger partial charge is 0.235 e. The number of pyridine rings is 1. The maximum Gasteiger partial charge on any atom is 0.235 e. The second kappa shape index (κ2) is 9.67. The average Bonchev–Trinajstić information content (AvgIpc) is 2.82. The van der Waals surface area contributed by atoms with Crippen molar-refractivity contribution in [2.24, 2.45) is 10.9 Å². The first-order valence-corrected chi connectivity index (χ1v) is 11.2. The fraction of sp³-hybridized carbons (Fsp3) is 0.385. The molecule has 2 heterocycles. The number of carbonyl (C=O) groups is 2. The molecule has 0 saturated heterocycles. The van der Waals surface area contributed by atoms with E-state index in [0.29, 0.717) is 47.2 Å². The molecule has 0 bridgehead atoms. The van der Waals surface area contributed by atoms with Crippen molar-refractivity contribution < 1.29 is 23.8 Å². The maximum absolute atomic E-state index is 13.6. The van der Waals surface area contributed by atoms with Gasteiger partial charge in [0.25, 0.3) is 0 Å². The van der Waals surface area contributed by atoms with Crippen LogP contribution in [0.1, 0.15) is 43.2 Å². The van der Waals surface area contributed by atoms with Crippen molar-refractivity contribution in [1.82, 2.24) is 4.98 Å². The number of hydrogen-bond donors (Lipinski definition) is 1. The van der Waals surface area contributed by atoms with E-state index in [-0.39, 0.29) is 11.7 Å². The molecule has 4 rings (SSSR count). The lowest BCUT2D eigenvalue weighted by molar-refractivity contribution is -0.119. The molecule has 1 aliphatic heterocycles. The minimum absolute atomic E-state index is 0.0164. The standard InChI is InChI=1S/C26H29N3O5/c1-14-9-10-27-21(11-14)29-26(31)22-15(2)28-17-7-6-8-18(30)24(17)23(22)16-12-19(32-3)25(34-5)20(13-16)33-4/h9-13,22-23H,6-8H2,1-5H3,(H,27,29,31)/t22?,23-/m0/s1. The van der Waals surface area contributed by atoms with Gasteiger partial charge in [0.1, 0.15) is 5.82 Å². The molecule has 0 fully saturated rings. The summed E-state index contributed by atoms with van der Waals surface area (Å²) in [4.78, 5) is 35.8. The van der Waals surface area contributed by atoms with Gasteiger partial charge in [0.15, 0.2) is 17.3 Å². The van der Waals surface area contributed by atoms with E-state index in [2.05, 4.69) is 10.3 Å². The van der Waals surface area contributed by atoms with Crippen molar-refractivity contribution in [3.05, 3.63) is 52.9 Å². The zero-order valence-electron chi connectivity index (χ0n) is 20.1. The number of aliphatic imine (C=N–C) groups is 1. The van der Waals surface area contributed by atoms with Crippen LogP contribution in [0.25, 0.3) is 0 Å². The second-order valence-corrected chi connectivity index (χ2v) is 8.51. The number of nitrogens with one attached hydrogen (secondary N) is 1. The van der Waals surface area contributed by atoms with E-state index in [4.69, 9.17) is 19.2 Å². The molecule has 1 aromatic carbocycles. The summed E-state index contributed by atoms with van der Waals surface area (Å²) >= 11 is 0. The lowest BCUT2D eigenvalue weighted by Gasteiger charge is -2.35. The molecule has 8 heteroatoms. The van der Waals surface area contributed by atoms with Crippen LogP contribution in [0.15, 0.2) is 46.7 Å². The summed E-state index contributed by atoms with van der Waals surface area (Å²) in [7, 11) is 4.62. The van der Waals surface area contributed by atoms with Crippen molar-refractivity contribution >= 4 is 23.2 Å². The minimum atomic E-state index is -0.703. The summed E-state index contributed by atoms with van der Waals surface area (Å²) in [5.74, 6) is 0.319. The van der Waals surface area contributed by atoms with Crippen LogP contribution in [0.2, 0.25) is 0 Å². The van der Waals surface area contributed by atoms with E-state index < -0.39 is 11.8 Å². The highest BCUT2D eigenvalue weighted by molar-refractivity contribution is 6.13. The van der Waals surface area contributed by atoms with Gasteiger partial charge in [0.2, 0.25) is 11.7 Å². The van der Waals surface area contributed by atoms with Gasteiger partial charge in [-0.3, -0.25) is 14.6 Å². The Kier molecular flexibility index (Phi) is 6.68. The Hall–Kier alpha value is -3.68.